The van der Waals surface area contributed by atoms with Crippen molar-refractivity contribution in [1.82, 2.24) is 9.62 Å². The van der Waals surface area contributed by atoms with Gasteiger partial charge in [-0.05, 0) is 61.4 Å². The number of methoxy groups -OCH3 is 2. The minimum atomic E-state index is -3.72. The molecular formula is C22H29N3O6S. The number of rotatable bonds is 7. The maximum absolute atomic E-state index is 12.6. The van der Waals surface area contributed by atoms with Crippen LogP contribution in [-0.2, 0) is 10.0 Å². The Morgan fingerprint density at radius 3 is 2.16 bits per heavy atom. The van der Waals surface area contributed by atoms with Gasteiger partial charge in [-0.25, -0.2) is 17.9 Å². The van der Waals surface area contributed by atoms with Crippen molar-refractivity contribution in [1.29, 1.82) is 0 Å². The Bertz CT molecular complexity index is 995. The summed E-state index contributed by atoms with van der Waals surface area (Å²) in [6.45, 7) is 0.877. The van der Waals surface area contributed by atoms with Gasteiger partial charge in [-0.2, -0.15) is 0 Å². The van der Waals surface area contributed by atoms with Gasteiger partial charge in [0.2, 0.25) is 10.0 Å². The van der Waals surface area contributed by atoms with E-state index in [-0.39, 0.29) is 23.4 Å². The third kappa shape index (κ3) is 6.12. The molecule has 0 bridgehead atoms. The lowest BCUT2D eigenvalue weighted by Gasteiger charge is -2.21. The van der Waals surface area contributed by atoms with Gasteiger partial charge in [0.05, 0.1) is 25.2 Å². The van der Waals surface area contributed by atoms with Crippen LogP contribution < -0.4 is 19.5 Å². The third-order valence-electron chi connectivity index (χ3n) is 5.54. The van der Waals surface area contributed by atoms with E-state index in [2.05, 4.69) is 10.0 Å². The molecule has 2 atom stereocenters. The van der Waals surface area contributed by atoms with E-state index in [1.807, 2.05) is 0 Å². The number of benzene rings is 2. The van der Waals surface area contributed by atoms with Gasteiger partial charge in [-0.3, -0.25) is 0 Å². The first-order valence-electron chi connectivity index (χ1n) is 10.3. The van der Waals surface area contributed by atoms with Gasteiger partial charge in [-0.15, -0.1) is 0 Å². The lowest BCUT2D eigenvalue weighted by atomic mass is 9.98. The number of urea groups is 1. The maximum atomic E-state index is 12.6. The number of hydrogen-bond donors (Lipinski definition) is 3. The topological polar surface area (TPSA) is 117 Å². The Kier molecular flexibility index (Phi) is 7.94. The summed E-state index contributed by atoms with van der Waals surface area (Å²) in [6.07, 6.45) is 0.125. The highest BCUT2D eigenvalue weighted by Crippen LogP contribution is 2.21. The molecule has 3 rings (SSSR count). The number of aliphatic hydroxyl groups is 1. The molecule has 32 heavy (non-hydrogen) atoms. The zero-order valence-corrected chi connectivity index (χ0v) is 19.0. The highest BCUT2D eigenvalue weighted by Gasteiger charge is 2.28. The van der Waals surface area contributed by atoms with Crippen molar-refractivity contribution in [3.8, 4) is 11.5 Å². The number of amides is 2. The first kappa shape index (κ1) is 23.8. The van der Waals surface area contributed by atoms with E-state index in [0.29, 0.717) is 43.1 Å². The Morgan fingerprint density at radius 1 is 1.00 bits per heavy atom. The lowest BCUT2D eigenvalue weighted by Crippen LogP contribution is -2.36. The van der Waals surface area contributed by atoms with Gasteiger partial charge < -0.3 is 24.8 Å². The fourth-order valence-corrected chi connectivity index (χ4v) is 4.62. The number of sulfonamides is 1. The second-order valence-corrected chi connectivity index (χ2v) is 9.34. The van der Waals surface area contributed by atoms with Gasteiger partial charge in [0.15, 0.2) is 0 Å². The highest BCUT2D eigenvalue weighted by molar-refractivity contribution is 7.89. The molecule has 0 radical (unpaired) electrons. The third-order valence-corrected chi connectivity index (χ3v) is 6.98. The molecule has 9 nitrogen and oxygen atoms in total. The Balaban J connectivity index is 1.55. The van der Waals surface area contributed by atoms with E-state index in [0.717, 1.165) is 0 Å². The van der Waals surface area contributed by atoms with Crippen LogP contribution in [0.3, 0.4) is 0 Å². The van der Waals surface area contributed by atoms with Crippen molar-refractivity contribution >= 4 is 21.7 Å². The van der Waals surface area contributed by atoms with Gasteiger partial charge >= 0.3 is 6.03 Å². The molecule has 0 unspecified atom stereocenters. The predicted molar refractivity (Wildman–Crippen MR) is 120 cm³/mol. The average molecular weight is 464 g/mol. The molecule has 2 amide bonds. The summed E-state index contributed by atoms with van der Waals surface area (Å²) < 4.78 is 37.9. The Hall–Kier alpha value is -2.82. The highest BCUT2D eigenvalue weighted by atomic mass is 32.2. The molecule has 1 aliphatic heterocycles. The van der Waals surface area contributed by atoms with Crippen molar-refractivity contribution in [2.45, 2.75) is 23.8 Å². The van der Waals surface area contributed by atoms with Crippen LogP contribution in [0.2, 0.25) is 0 Å². The summed E-state index contributed by atoms with van der Waals surface area (Å²) in [5, 5.41) is 13.3. The largest absolute Gasteiger partial charge is 0.497 e. The summed E-state index contributed by atoms with van der Waals surface area (Å²) in [6, 6.07) is 12.8. The number of nitrogens with one attached hydrogen (secondary N) is 2. The van der Waals surface area contributed by atoms with Crippen molar-refractivity contribution in [2.24, 2.45) is 5.92 Å². The summed E-state index contributed by atoms with van der Waals surface area (Å²) in [5.41, 5.74) is 0.643. The minimum absolute atomic E-state index is 0.0868. The maximum Gasteiger partial charge on any atom is 0.321 e. The quantitative estimate of drug-likeness (QED) is 0.580. The molecule has 0 spiro atoms. The molecule has 10 heteroatoms. The summed E-state index contributed by atoms with van der Waals surface area (Å²) in [4.78, 5) is 14.4. The SMILES string of the molecule is COc1ccc(NC(=O)N2CC[C@H](CNS(=O)(=O)c3ccc(OC)cc3)[C@H](O)CC2)cc1. The average Bonchev–Trinajstić information content (AvgIpc) is 2.99. The molecule has 1 saturated heterocycles. The van der Waals surface area contributed by atoms with Crippen molar-refractivity contribution < 1.29 is 27.8 Å². The molecule has 0 aromatic heterocycles. The number of carbonyl (C=O) groups is 1. The van der Waals surface area contributed by atoms with Crippen LogP contribution in [-0.4, -0.2) is 64.4 Å². The van der Waals surface area contributed by atoms with Crippen LogP contribution in [0.25, 0.3) is 0 Å². The monoisotopic (exact) mass is 463 g/mol. The fraction of sp³-hybridized carbons (Fsp3) is 0.409. The summed E-state index contributed by atoms with van der Waals surface area (Å²) >= 11 is 0. The number of hydrogen-bond acceptors (Lipinski definition) is 6. The number of nitrogens with zero attached hydrogens (tertiary/aromatic N) is 1. The summed E-state index contributed by atoms with van der Waals surface area (Å²) in [7, 11) is -0.633. The van der Waals surface area contributed by atoms with Crippen molar-refractivity contribution in [2.75, 3.05) is 39.2 Å². The smallest absolute Gasteiger partial charge is 0.321 e. The molecule has 174 valence electrons. The van der Waals surface area contributed by atoms with E-state index in [9.17, 15) is 18.3 Å². The second-order valence-electron chi connectivity index (χ2n) is 7.58. The van der Waals surface area contributed by atoms with Gasteiger partial charge in [0.1, 0.15) is 11.5 Å². The van der Waals surface area contributed by atoms with Gasteiger partial charge in [0, 0.05) is 31.2 Å². The van der Waals surface area contributed by atoms with Gasteiger partial charge in [-0.1, -0.05) is 0 Å². The molecule has 1 fully saturated rings. The number of anilines is 1. The first-order chi connectivity index (χ1) is 15.3. The van der Waals surface area contributed by atoms with E-state index in [1.54, 1.807) is 48.4 Å². The van der Waals surface area contributed by atoms with Crippen molar-refractivity contribution in [3.63, 3.8) is 0 Å². The predicted octanol–water partition coefficient (Wildman–Crippen LogP) is 2.29. The molecule has 1 heterocycles. The first-order valence-corrected chi connectivity index (χ1v) is 11.8. The van der Waals surface area contributed by atoms with E-state index < -0.39 is 16.1 Å². The lowest BCUT2D eigenvalue weighted by molar-refractivity contribution is 0.106. The molecule has 3 N–H and O–H groups in total. The Morgan fingerprint density at radius 2 is 1.56 bits per heavy atom. The molecule has 2 aromatic carbocycles. The number of likely N-dealkylation sites (tertiary alicyclic amines) is 1. The second kappa shape index (κ2) is 10.7. The minimum Gasteiger partial charge on any atom is -0.497 e. The van der Waals surface area contributed by atoms with E-state index in [4.69, 9.17) is 9.47 Å². The van der Waals surface area contributed by atoms with Crippen LogP contribution in [0, 0.1) is 5.92 Å². The van der Waals surface area contributed by atoms with Crippen LogP contribution in [0.4, 0.5) is 10.5 Å². The number of ether oxygens (including phenoxy) is 2. The van der Waals surface area contributed by atoms with Gasteiger partial charge in [0.25, 0.3) is 0 Å². The number of carbonyl (C=O) groups excluding carboxylic acids is 1. The molecule has 0 aliphatic carbocycles. The van der Waals surface area contributed by atoms with Crippen LogP contribution in [0.15, 0.2) is 53.4 Å². The molecule has 2 aromatic rings. The van der Waals surface area contributed by atoms with Crippen LogP contribution >= 0.6 is 0 Å². The zero-order valence-electron chi connectivity index (χ0n) is 18.2. The number of aliphatic hydroxyl groups excluding tert-OH is 1. The zero-order chi connectivity index (χ0) is 23.1. The molecule has 1 aliphatic rings. The van der Waals surface area contributed by atoms with Crippen LogP contribution in [0.5, 0.6) is 11.5 Å². The van der Waals surface area contributed by atoms with E-state index in [1.165, 1.54) is 19.2 Å². The standard InChI is InChI=1S/C22H29N3O6S/c1-30-18-5-3-17(4-6-18)24-22(27)25-13-11-16(21(26)12-14-25)15-23-32(28,29)20-9-7-19(31-2)8-10-20/h3-10,16,21,23,26H,11-15H2,1-2H3,(H,24,27)/t16-,21-/m1/s1. The normalized spacial score (nSPS) is 19.2. The summed E-state index contributed by atoms with van der Waals surface area (Å²) in [5.74, 6) is 0.957. The van der Waals surface area contributed by atoms with E-state index >= 15 is 0 Å². The Labute approximate surface area is 188 Å². The van der Waals surface area contributed by atoms with Crippen molar-refractivity contribution in [3.05, 3.63) is 48.5 Å². The van der Waals surface area contributed by atoms with Crippen LogP contribution in [0.1, 0.15) is 12.8 Å². The molecule has 0 saturated carbocycles. The molecular weight excluding hydrogens is 434 g/mol. The fourth-order valence-electron chi connectivity index (χ4n) is 3.52.